The van der Waals surface area contributed by atoms with Crippen LogP contribution in [0.3, 0.4) is 0 Å². The summed E-state index contributed by atoms with van der Waals surface area (Å²) in [7, 11) is 0. The molecule has 0 fully saturated rings. The van der Waals surface area contributed by atoms with Gasteiger partial charge < -0.3 is 15.5 Å². The normalized spacial score (nSPS) is 10.1. The van der Waals surface area contributed by atoms with E-state index in [9.17, 15) is 14.4 Å². The highest BCUT2D eigenvalue weighted by Gasteiger charge is 1.98. The Hall–Kier alpha value is -1.85. The first-order valence-electron chi connectivity index (χ1n) is 4.43. The lowest BCUT2D eigenvalue weighted by atomic mass is 10.2. The van der Waals surface area contributed by atoms with Crippen LogP contribution in [0.4, 0.5) is 0 Å². The zero-order chi connectivity index (χ0) is 11.7. The summed E-state index contributed by atoms with van der Waals surface area (Å²) >= 11 is 0. The molecule has 84 valence electrons. The Bertz CT molecular complexity index is 272. The van der Waals surface area contributed by atoms with E-state index in [2.05, 4.69) is 5.32 Å². The summed E-state index contributed by atoms with van der Waals surface area (Å²) < 4.78 is 0. The largest absolute Gasteiger partial charge is 0.481 e. The van der Waals surface area contributed by atoms with E-state index in [1.165, 1.54) is 0 Å². The van der Waals surface area contributed by atoms with Crippen molar-refractivity contribution in [2.45, 2.75) is 19.3 Å². The molecular weight excluding hydrogens is 202 g/mol. The summed E-state index contributed by atoms with van der Waals surface area (Å²) in [6, 6.07) is 0. The molecule has 0 unspecified atom stereocenters. The number of aliphatic carboxylic acids is 2. The molecular formula is C9H13NO5. The summed E-state index contributed by atoms with van der Waals surface area (Å²) in [5, 5.41) is 18.9. The van der Waals surface area contributed by atoms with Crippen molar-refractivity contribution in [3.8, 4) is 0 Å². The van der Waals surface area contributed by atoms with Crippen molar-refractivity contribution >= 4 is 17.8 Å². The SMILES string of the molecule is O=C(O)C=CC(=O)NCCCCC(=O)O. The minimum Gasteiger partial charge on any atom is -0.481 e. The Balaban J connectivity index is 3.47. The Kier molecular flexibility index (Phi) is 6.61. The summed E-state index contributed by atoms with van der Waals surface area (Å²) in [4.78, 5) is 31.0. The number of hydrogen-bond donors (Lipinski definition) is 3. The van der Waals surface area contributed by atoms with Gasteiger partial charge in [0, 0.05) is 25.1 Å². The van der Waals surface area contributed by atoms with Crippen LogP contribution in [0.15, 0.2) is 12.2 Å². The number of amides is 1. The second-order valence-electron chi connectivity index (χ2n) is 2.81. The zero-order valence-corrected chi connectivity index (χ0v) is 8.10. The van der Waals surface area contributed by atoms with Gasteiger partial charge in [0.1, 0.15) is 0 Å². The maximum Gasteiger partial charge on any atom is 0.328 e. The fourth-order valence-electron chi connectivity index (χ4n) is 0.819. The molecule has 6 heteroatoms. The average molecular weight is 215 g/mol. The lowest BCUT2D eigenvalue weighted by molar-refractivity contribution is -0.137. The van der Waals surface area contributed by atoms with Gasteiger partial charge in [-0.3, -0.25) is 9.59 Å². The second kappa shape index (κ2) is 7.54. The molecule has 0 aromatic rings. The van der Waals surface area contributed by atoms with Crippen LogP contribution in [0.1, 0.15) is 19.3 Å². The molecule has 0 radical (unpaired) electrons. The number of carboxylic acid groups (broad SMARTS) is 2. The van der Waals surface area contributed by atoms with Crippen LogP contribution in [0.2, 0.25) is 0 Å². The number of nitrogens with one attached hydrogen (secondary N) is 1. The molecule has 0 aliphatic heterocycles. The Morgan fingerprint density at radius 3 is 2.27 bits per heavy atom. The third-order valence-corrected chi connectivity index (χ3v) is 1.49. The van der Waals surface area contributed by atoms with Gasteiger partial charge in [-0.05, 0) is 12.8 Å². The first kappa shape index (κ1) is 13.2. The summed E-state index contributed by atoms with van der Waals surface area (Å²) in [5.41, 5.74) is 0. The van der Waals surface area contributed by atoms with E-state index in [1.807, 2.05) is 0 Å². The molecule has 0 saturated carbocycles. The van der Waals surface area contributed by atoms with E-state index in [0.717, 1.165) is 12.2 Å². The minimum atomic E-state index is -1.18. The van der Waals surface area contributed by atoms with Crippen LogP contribution in [-0.2, 0) is 14.4 Å². The molecule has 0 atom stereocenters. The predicted octanol–water partition coefficient (Wildman–Crippen LogP) is -0.00170. The number of carboxylic acids is 2. The first-order valence-corrected chi connectivity index (χ1v) is 4.43. The maximum atomic E-state index is 10.9. The van der Waals surface area contributed by atoms with Crippen LogP contribution < -0.4 is 5.32 Å². The van der Waals surface area contributed by atoms with Gasteiger partial charge in [-0.1, -0.05) is 0 Å². The van der Waals surface area contributed by atoms with Crippen LogP contribution >= 0.6 is 0 Å². The summed E-state index contributed by atoms with van der Waals surface area (Å²) in [5.74, 6) is -2.55. The van der Waals surface area contributed by atoms with Crippen molar-refractivity contribution in [2.24, 2.45) is 0 Å². The molecule has 0 spiro atoms. The topological polar surface area (TPSA) is 104 Å². The molecule has 15 heavy (non-hydrogen) atoms. The molecule has 6 nitrogen and oxygen atoms in total. The highest BCUT2D eigenvalue weighted by atomic mass is 16.4. The molecule has 0 saturated heterocycles. The van der Waals surface area contributed by atoms with Crippen molar-refractivity contribution in [3.05, 3.63) is 12.2 Å². The quantitative estimate of drug-likeness (QED) is 0.409. The number of hydrogen-bond acceptors (Lipinski definition) is 3. The van der Waals surface area contributed by atoms with Crippen molar-refractivity contribution < 1.29 is 24.6 Å². The van der Waals surface area contributed by atoms with Gasteiger partial charge in [0.2, 0.25) is 5.91 Å². The molecule has 0 aliphatic rings. The van der Waals surface area contributed by atoms with E-state index in [-0.39, 0.29) is 6.42 Å². The first-order chi connectivity index (χ1) is 7.02. The fourth-order valence-corrected chi connectivity index (χ4v) is 0.819. The summed E-state index contributed by atoms with van der Waals surface area (Å²) in [6.07, 6.45) is 2.77. The van der Waals surface area contributed by atoms with Crippen LogP contribution in [0.5, 0.6) is 0 Å². The fraction of sp³-hybridized carbons (Fsp3) is 0.444. The van der Waals surface area contributed by atoms with Crippen molar-refractivity contribution in [2.75, 3.05) is 6.54 Å². The predicted molar refractivity (Wildman–Crippen MR) is 51.3 cm³/mol. The Morgan fingerprint density at radius 2 is 1.73 bits per heavy atom. The minimum absolute atomic E-state index is 0.0703. The standard InChI is InChI=1S/C9H13NO5/c11-7(4-5-9(14)15)10-6-2-1-3-8(12)13/h4-5H,1-3,6H2,(H,10,11)(H,12,13)(H,14,15). The molecule has 0 rings (SSSR count). The van der Waals surface area contributed by atoms with Crippen LogP contribution in [0.25, 0.3) is 0 Å². The van der Waals surface area contributed by atoms with E-state index in [4.69, 9.17) is 10.2 Å². The number of unbranched alkanes of at least 4 members (excludes halogenated alkanes) is 1. The number of carbonyl (C=O) groups excluding carboxylic acids is 1. The third-order valence-electron chi connectivity index (χ3n) is 1.49. The molecule has 0 bridgehead atoms. The maximum absolute atomic E-state index is 10.9. The lowest BCUT2D eigenvalue weighted by Crippen LogP contribution is -2.22. The van der Waals surface area contributed by atoms with Crippen molar-refractivity contribution in [1.29, 1.82) is 0 Å². The lowest BCUT2D eigenvalue weighted by Gasteiger charge is -1.99. The van der Waals surface area contributed by atoms with Crippen molar-refractivity contribution in [3.63, 3.8) is 0 Å². The van der Waals surface area contributed by atoms with E-state index < -0.39 is 17.8 Å². The molecule has 1 amide bonds. The van der Waals surface area contributed by atoms with Crippen molar-refractivity contribution in [1.82, 2.24) is 5.32 Å². The van der Waals surface area contributed by atoms with Gasteiger partial charge in [-0.15, -0.1) is 0 Å². The Morgan fingerprint density at radius 1 is 1.07 bits per heavy atom. The summed E-state index contributed by atoms with van der Waals surface area (Å²) in [6.45, 7) is 0.343. The van der Waals surface area contributed by atoms with E-state index in [0.29, 0.717) is 19.4 Å². The highest BCUT2D eigenvalue weighted by Crippen LogP contribution is 1.93. The van der Waals surface area contributed by atoms with Crippen LogP contribution in [0, 0.1) is 0 Å². The van der Waals surface area contributed by atoms with Gasteiger partial charge >= 0.3 is 11.9 Å². The molecule has 0 heterocycles. The molecule has 0 aromatic heterocycles. The average Bonchev–Trinajstić information content (AvgIpc) is 2.13. The van der Waals surface area contributed by atoms with Gasteiger partial charge in [0.15, 0.2) is 0 Å². The third kappa shape index (κ3) is 10.1. The van der Waals surface area contributed by atoms with Gasteiger partial charge in [0.05, 0.1) is 0 Å². The molecule has 0 aromatic carbocycles. The highest BCUT2D eigenvalue weighted by molar-refractivity contribution is 5.93. The van der Waals surface area contributed by atoms with Gasteiger partial charge in [0.25, 0.3) is 0 Å². The zero-order valence-electron chi connectivity index (χ0n) is 8.10. The number of carbonyl (C=O) groups is 3. The van der Waals surface area contributed by atoms with Gasteiger partial charge in [-0.2, -0.15) is 0 Å². The van der Waals surface area contributed by atoms with Gasteiger partial charge in [-0.25, -0.2) is 4.79 Å². The Labute approximate surface area is 86.6 Å². The molecule has 0 aliphatic carbocycles. The second-order valence-corrected chi connectivity index (χ2v) is 2.81. The molecule has 3 N–H and O–H groups in total. The van der Waals surface area contributed by atoms with E-state index in [1.54, 1.807) is 0 Å². The smallest absolute Gasteiger partial charge is 0.328 e. The van der Waals surface area contributed by atoms with Crippen LogP contribution in [-0.4, -0.2) is 34.6 Å². The monoisotopic (exact) mass is 215 g/mol. The van der Waals surface area contributed by atoms with E-state index >= 15 is 0 Å². The number of rotatable bonds is 7.